The molecule has 0 saturated carbocycles. The lowest BCUT2D eigenvalue weighted by Crippen LogP contribution is -2.37. The summed E-state index contributed by atoms with van der Waals surface area (Å²) in [6.45, 7) is 4.36. The average Bonchev–Trinajstić information content (AvgIpc) is 3.06. The number of nitrogens with zero attached hydrogens (tertiary/aromatic N) is 1. The molecule has 1 N–H and O–H groups in total. The maximum Gasteiger partial charge on any atom is 0.253 e. The summed E-state index contributed by atoms with van der Waals surface area (Å²) in [5, 5.41) is 3.40. The third-order valence-electron chi connectivity index (χ3n) is 4.47. The van der Waals surface area contributed by atoms with E-state index in [9.17, 15) is 4.79 Å². The predicted octanol–water partition coefficient (Wildman–Crippen LogP) is 4.31. The van der Waals surface area contributed by atoms with Crippen molar-refractivity contribution in [1.82, 2.24) is 4.90 Å². The minimum absolute atomic E-state index is 0.0461. The zero-order chi connectivity index (χ0) is 17.6. The van der Waals surface area contributed by atoms with Gasteiger partial charge >= 0.3 is 0 Å². The van der Waals surface area contributed by atoms with Crippen LogP contribution < -0.4 is 5.32 Å². The van der Waals surface area contributed by atoms with Gasteiger partial charge in [0.25, 0.3) is 5.91 Å². The van der Waals surface area contributed by atoms with Crippen molar-refractivity contribution in [2.45, 2.75) is 38.8 Å². The summed E-state index contributed by atoms with van der Waals surface area (Å²) in [4.78, 5) is 17.1. The number of hydrogen-bond donors (Lipinski definition) is 1. The average molecular weight is 359 g/mol. The Morgan fingerprint density at radius 3 is 2.92 bits per heavy atom. The third-order valence-corrected chi connectivity index (χ3v) is 5.47. The van der Waals surface area contributed by atoms with E-state index < -0.39 is 0 Å². The van der Waals surface area contributed by atoms with E-state index in [2.05, 4.69) is 24.4 Å². The maximum atomic E-state index is 12.7. The fourth-order valence-corrected chi connectivity index (χ4v) is 3.92. The molecule has 0 radical (unpaired) electrons. The van der Waals surface area contributed by atoms with Gasteiger partial charge in [-0.2, -0.15) is 0 Å². The standard InChI is InChI=1S/C20H26N2O2S/c1-15-9-10-19(25-15)13-21-17-7-5-6-16(12-17)20(23)22(2)14-18-8-3-4-11-24-18/h5-7,9-10,12,18,21H,3-4,8,11,13-14H2,1-2H3/t18-/m1/s1. The van der Waals surface area contributed by atoms with Crippen LogP contribution in [0, 0.1) is 6.92 Å². The lowest BCUT2D eigenvalue weighted by atomic mass is 10.1. The summed E-state index contributed by atoms with van der Waals surface area (Å²) in [6.07, 6.45) is 3.53. The summed E-state index contributed by atoms with van der Waals surface area (Å²) in [6, 6.07) is 12.0. The quantitative estimate of drug-likeness (QED) is 0.837. The Morgan fingerprint density at radius 1 is 1.32 bits per heavy atom. The van der Waals surface area contributed by atoms with E-state index in [-0.39, 0.29) is 12.0 Å². The Bertz CT molecular complexity index is 707. The van der Waals surface area contributed by atoms with E-state index in [0.29, 0.717) is 12.1 Å². The van der Waals surface area contributed by atoms with Crippen molar-refractivity contribution in [3.63, 3.8) is 0 Å². The largest absolute Gasteiger partial charge is 0.380 e. The van der Waals surface area contributed by atoms with Gasteiger partial charge in [0, 0.05) is 47.7 Å². The number of amides is 1. The smallest absolute Gasteiger partial charge is 0.253 e. The Kier molecular flexibility index (Phi) is 6.10. The molecule has 0 aliphatic carbocycles. The second-order valence-electron chi connectivity index (χ2n) is 6.62. The van der Waals surface area contributed by atoms with Crippen LogP contribution in [0.1, 0.15) is 39.4 Å². The van der Waals surface area contributed by atoms with Crippen LogP contribution in [0.5, 0.6) is 0 Å². The summed E-state index contributed by atoms with van der Waals surface area (Å²) in [5.74, 6) is 0.0461. The number of likely N-dealkylation sites (N-methyl/N-ethyl adjacent to an activating group) is 1. The number of hydrogen-bond acceptors (Lipinski definition) is 4. The van der Waals surface area contributed by atoms with Crippen LogP contribution in [0.4, 0.5) is 5.69 Å². The molecule has 3 rings (SSSR count). The molecule has 1 aliphatic heterocycles. The summed E-state index contributed by atoms with van der Waals surface area (Å²) >= 11 is 1.79. The first-order valence-corrected chi connectivity index (χ1v) is 9.70. The molecule has 0 unspecified atom stereocenters. The molecule has 5 heteroatoms. The Hall–Kier alpha value is -1.85. The van der Waals surface area contributed by atoms with Crippen molar-refractivity contribution in [3.8, 4) is 0 Å². The van der Waals surface area contributed by atoms with Crippen LogP contribution >= 0.6 is 11.3 Å². The zero-order valence-electron chi connectivity index (χ0n) is 15.0. The van der Waals surface area contributed by atoms with Gasteiger partial charge in [-0.1, -0.05) is 6.07 Å². The number of thiophene rings is 1. The first-order chi connectivity index (χ1) is 12.1. The van der Waals surface area contributed by atoms with Crippen LogP contribution in [0.15, 0.2) is 36.4 Å². The molecule has 1 aromatic heterocycles. The van der Waals surface area contributed by atoms with Crippen molar-refractivity contribution < 1.29 is 9.53 Å². The van der Waals surface area contributed by atoms with Crippen LogP contribution in [-0.4, -0.2) is 37.1 Å². The lowest BCUT2D eigenvalue weighted by Gasteiger charge is -2.27. The van der Waals surface area contributed by atoms with Gasteiger partial charge in [-0.3, -0.25) is 4.79 Å². The number of nitrogens with one attached hydrogen (secondary N) is 1. The van der Waals surface area contributed by atoms with Crippen molar-refractivity contribution in [2.24, 2.45) is 0 Å². The molecule has 25 heavy (non-hydrogen) atoms. The molecule has 1 amide bonds. The second kappa shape index (κ2) is 8.50. The molecule has 1 saturated heterocycles. The molecule has 0 spiro atoms. The molecule has 1 fully saturated rings. The van der Waals surface area contributed by atoms with Gasteiger partial charge in [-0.05, 0) is 56.5 Å². The van der Waals surface area contributed by atoms with Crippen molar-refractivity contribution in [2.75, 3.05) is 25.5 Å². The highest BCUT2D eigenvalue weighted by molar-refractivity contribution is 7.11. The lowest BCUT2D eigenvalue weighted by molar-refractivity contribution is -0.000185. The number of anilines is 1. The molecular formula is C20H26N2O2S. The fraction of sp³-hybridized carbons (Fsp3) is 0.450. The molecule has 2 heterocycles. The van der Waals surface area contributed by atoms with Gasteiger partial charge in [0.15, 0.2) is 0 Å². The van der Waals surface area contributed by atoms with E-state index in [4.69, 9.17) is 4.74 Å². The van der Waals surface area contributed by atoms with Gasteiger partial charge in [-0.25, -0.2) is 0 Å². The SMILES string of the molecule is Cc1ccc(CNc2cccc(C(=O)N(C)C[C@H]3CCCCO3)c2)s1. The molecular weight excluding hydrogens is 332 g/mol. The topological polar surface area (TPSA) is 41.6 Å². The monoisotopic (exact) mass is 358 g/mol. The van der Waals surface area contributed by atoms with Crippen LogP contribution in [0.3, 0.4) is 0 Å². The van der Waals surface area contributed by atoms with Crippen molar-refractivity contribution in [3.05, 3.63) is 51.7 Å². The van der Waals surface area contributed by atoms with Gasteiger partial charge in [-0.15, -0.1) is 11.3 Å². The normalized spacial score (nSPS) is 17.3. The van der Waals surface area contributed by atoms with Gasteiger partial charge in [0.1, 0.15) is 0 Å². The number of aryl methyl sites for hydroxylation is 1. The first kappa shape index (κ1) is 18.0. The second-order valence-corrected chi connectivity index (χ2v) is 7.99. The number of carbonyl (C=O) groups is 1. The molecule has 134 valence electrons. The number of carbonyl (C=O) groups excluding carboxylic acids is 1. The summed E-state index contributed by atoms with van der Waals surface area (Å²) in [5.41, 5.74) is 1.69. The Balaban J connectivity index is 1.58. The highest BCUT2D eigenvalue weighted by Crippen LogP contribution is 2.19. The number of ether oxygens (including phenoxy) is 1. The van der Waals surface area contributed by atoms with Gasteiger partial charge < -0.3 is 15.0 Å². The molecule has 1 atom stereocenters. The molecule has 2 aromatic rings. The third kappa shape index (κ3) is 5.06. The van der Waals surface area contributed by atoms with E-state index in [1.807, 2.05) is 31.3 Å². The van der Waals surface area contributed by atoms with E-state index >= 15 is 0 Å². The maximum absolute atomic E-state index is 12.7. The van der Waals surface area contributed by atoms with E-state index in [1.165, 1.54) is 16.2 Å². The van der Waals surface area contributed by atoms with E-state index in [1.54, 1.807) is 16.2 Å². The zero-order valence-corrected chi connectivity index (χ0v) is 15.8. The van der Waals surface area contributed by atoms with Gasteiger partial charge in [0.2, 0.25) is 0 Å². The summed E-state index contributed by atoms with van der Waals surface area (Å²) in [7, 11) is 1.86. The minimum atomic E-state index is 0.0461. The molecule has 0 bridgehead atoms. The highest BCUT2D eigenvalue weighted by Gasteiger charge is 2.19. The Labute approximate surface area is 153 Å². The first-order valence-electron chi connectivity index (χ1n) is 8.88. The predicted molar refractivity (Wildman–Crippen MR) is 103 cm³/mol. The van der Waals surface area contributed by atoms with Crippen molar-refractivity contribution >= 4 is 22.9 Å². The van der Waals surface area contributed by atoms with Crippen molar-refractivity contribution in [1.29, 1.82) is 0 Å². The number of rotatable bonds is 6. The molecule has 1 aromatic carbocycles. The van der Waals surface area contributed by atoms with Crippen LogP contribution in [0.25, 0.3) is 0 Å². The fourth-order valence-electron chi connectivity index (χ4n) is 3.09. The molecule has 4 nitrogen and oxygen atoms in total. The van der Waals surface area contributed by atoms with E-state index in [0.717, 1.165) is 31.7 Å². The minimum Gasteiger partial charge on any atom is -0.380 e. The highest BCUT2D eigenvalue weighted by atomic mass is 32.1. The molecule has 1 aliphatic rings. The summed E-state index contributed by atoms with van der Waals surface area (Å²) < 4.78 is 5.74. The van der Waals surface area contributed by atoms with Gasteiger partial charge in [0.05, 0.1) is 6.10 Å². The Morgan fingerprint density at radius 2 is 2.20 bits per heavy atom. The van der Waals surface area contributed by atoms with Crippen LogP contribution in [0.2, 0.25) is 0 Å². The number of benzene rings is 1. The van der Waals surface area contributed by atoms with Crippen LogP contribution in [-0.2, 0) is 11.3 Å².